The quantitative estimate of drug-likeness (QED) is 0.668. The van der Waals surface area contributed by atoms with Gasteiger partial charge in [-0.15, -0.1) is 0 Å². The van der Waals surface area contributed by atoms with E-state index in [1.807, 2.05) is 6.92 Å². The molecule has 2 aromatic rings. The van der Waals surface area contributed by atoms with E-state index in [1.165, 1.54) is 24.3 Å². The molecule has 0 saturated carbocycles. The van der Waals surface area contributed by atoms with Gasteiger partial charge in [-0.05, 0) is 49.7 Å². The topological polar surface area (TPSA) is 101 Å². The zero-order valence-corrected chi connectivity index (χ0v) is 15.7. The molecule has 4 N–H and O–H groups in total. The largest absolute Gasteiger partial charge is 0.325 e. The third-order valence-electron chi connectivity index (χ3n) is 3.89. The summed E-state index contributed by atoms with van der Waals surface area (Å²) in [5.74, 6) is -2.22. The molecule has 0 heterocycles. The van der Waals surface area contributed by atoms with Crippen LogP contribution in [-0.2, 0) is 14.8 Å². The molecule has 0 bridgehead atoms. The Kier molecular flexibility index (Phi) is 6.17. The maximum atomic E-state index is 13.7. The molecule has 2 aromatic carbocycles. The summed E-state index contributed by atoms with van der Waals surface area (Å²) in [4.78, 5) is 12.0. The molecule has 1 amide bonds. The molecule has 146 valence electrons. The van der Waals surface area contributed by atoms with Gasteiger partial charge in [-0.2, -0.15) is 0 Å². The van der Waals surface area contributed by atoms with Crippen LogP contribution < -0.4 is 15.8 Å². The molecule has 0 aliphatic rings. The van der Waals surface area contributed by atoms with E-state index in [-0.39, 0.29) is 16.5 Å². The van der Waals surface area contributed by atoms with Crippen LogP contribution in [-0.4, -0.2) is 19.9 Å². The van der Waals surface area contributed by atoms with Gasteiger partial charge in [0.1, 0.15) is 11.6 Å². The van der Waals surface area contributed by atoms with Crippen LogP contribution in [0.4, 0.5) is 20.2 Å². The van der Waals surface area contributed by atoms with Crippen molar-refractivity contribution in [3.05, 3.63) is 54.1 Å². The third-order valence-corrected chi connectivity index (χ3v) is 5.27. The lowest BCUT2D eigenvalue weighted by molar-refractivity contribution is -0.120. The molecule has 1 unspecified atom stereocenters. The van der Waals surface area contributed by atoms with Gasteiger partial charge < -0.3 is 11.1 Å². The lowest BCUT2D eigenvalue weighted by Gasteiger charge is -2.22. The molecule has 0 aliphatic heterocycles. The molecule has 0 aromatic heterocycles. The summed E-state index contributed by atoms with van der Waals surface area (Å²) < 4.78 is 53.3. The first-order valence-corrected chi connectivity index (χ1v) is 9.72. The van der Waals surface area contributed by atoms with Gasteiger partial charge in [0.25, 0.3) is 10.0 Å². The zero-order chi connectivity index (χ0) is 20.2. The summed E-state index contributed by atoms with van der Waals surface area (Å²) in [5.41, 5.74) is 4.91. The van der Waals surface area contributed by atoms with Gasteiger partial charge in [-0.1, -0.05) is 13.3 Å². The minimum Gasteiger partial charge on any atom is -0.325 e. The van der Waals surface area contributed by atoms with Gasteiger partial charge in [-0.25, -0.2) is 17.2 Å². The number of nitrogens with one attached hydrogen (secondary N) is 2. The van der Waals surface area contributed by atoms with E-state index in [0.29, 0.717) is 18.2 Å². The summed E-state index contributed by atoms with van der Waals surface area (Å²) in [5, 5.41) is 2.63. The number of anilines is 2. The number of hydrogen-bond donors (Lipinski definition) is 3. The second-order valence-electron chi connectivity index (χ2n) is 6.38. The van der Waals surface area contributed by atoms with E-state index in [9.17, 15) is 22.0 Å². The fourth-order valence-corrected chi connectivity index (χ4v) is 3.47. The first-order chi connectivity index (χ1) is 12.5. The monoisotopic (exact) mass is 397 g/mol. The molecule has 0 aliphatic carbocycles. The number of halogens is 2. The van der Waals surface area contributed by atoms with Crippen LogP contribution >= 0.6 is 0 Å². The molecule has 0 saturated heterocycles. The Morgan fingerprint density at radius 1 is 1.15 bits per heavy atom. The molecular formula is C18H21F2N3O3S. The maximum Gasteiger partial charge on any atom is 0.261 e. The number of benzene rings is 2. The Balaban J connectivity index is 2.15. The van der Waals surface area contributed by atoms with E-state index in [1.54, 1.807) is 6.92 Å². The number of hydrogen-bond acceptors (Lipinski definition) is 4. The highest BCUT2D eigenvalue weighted by atomic mass is 32.2. The first-order valence-electron chi connectivity index (χ1n) is 8.23. The van der Waals surface area contributed by atoms with E-state index >= 15 is 0 Å². The SMILES string of the molecule is CCCC(C)(N)C(=O)Nc1ccc(S(=O)(=O)Nc2ccc(F)cc2F)cc1. The predicted octanol–water partition coefficient (Wildman–Crippen LogP) is 3.22. The number of amides is 1. The number of carbonyl (C=O) groups excluding carboxylic acids is 1. The highest BCUT2D eigenvalue weighted by Crippen LogP contribution is 2.22. The fourth-order valence-electron chi connectivity index (χ4n) is 2.40. The molecule has 2 rings (SSSR count). The Bertz CT molecular complexity index is 929. The minimum atomic E-state index is -4.08. The van der Waals surface area contributed by atoms with Crippen molar-refractivity contribution in [2.45, 2.75) is 37.1 Å². The Hall–Kier alpha value is -2.52. The van der Waals surface area contributed by atoms with E-state index in [2.05, 4.69) is 10.0 Å². The van der Waals surface area contributed by atoms with Crippen LogP contribution in [0.25, 0.3) is 0 Å². The van der Waals surface area contributed by atoms with Crippen molar-refractivity contribution < 1.29 is 22.0 Å². The normalized spacial score (nSPS) is 13.7. The van der Waals surface area contributed by atoms with Crippen molar-refractivity contribution in [2.24, 2.45) is 5.73 Å². The van der Waals surface area contributed by atoms with Crippen molar-refractivity contribution in [1.29, 1.82) is 0 Å². The first kappa shape index (κ1) is 20.8. The second-order valence-corrected chi connectivity index (χ2v) is 8.06. The van der Waals surface area contributed by atoms with Crippen LogP contribution in [0.2, 0.25) is 0 Å². The summed E-state index contributed by atoms with van der Waals surface area (Å²) in [7, 11) is -4.08. The van der Waals surface area contributed by atoms with Gasteiger partial charge >= 0.3 is 0 Å². The smallest absolute Gasteiger partial charge is 0.261 e. The number of nitrogens with two attached hydrogens (primary N) is 1. The Morgan fingerprint density at radius 3 is 2.33 bits per heavy atom. The molecule has 27 heavy (non-hydrogen) atoms. The molecule has 9 heteroatoms. The molecule has 6 nitrogen and oxygen atoms in total. The maximum absolute atomic E-state index is 13.7. The lowest BCUT2D eigenvalue weighted by atomic mass is 9.96. The van der Waals surface area contributed by atoms with Gasteiger partial charge in [0, 0.05) is 11.8 Å². The van der Waals surface area contributed by atoms with Crippen molar-refractivity contribution in [3.63, 3.8) is 0 Å². The van der Waals surface area contributed by atoms with Crippen molar-refractivity contribution in [3.8, 4) is 0 Å². The van der Waals surface area contributed by atoms with Gasteiger partial charge in [-0.3, -0.25) is 9.52 Å². The van der Waals surface area contributed by atoms with Gasteiger partial charge in [0.05, 0.1) is 16.1 Å². The average Bonchev–Trinajstić information content (AvgIpc) is 2.58. The highest BCUT2D eigenvalue weighted by molar-refractivity contribution is 7.92. The molecule has 0 spiro atoms. The zero-order valence-electron chi connectivity index (χ0n) is 14.9. The fraction of sp³-hybridized carbons (Fsp3) is 0.278. The van der Waals surface area contributed by atoms with Crippen molar-refractivity contribution in [1.82, 2.24) is 0 Å². The standard InChI is InChI=1S/C18H21F2N3O3S/c1-3-10-18(2,21)17(24)22-13-5-7-14(8-6-13)27(25,26)23-16-9-4-12(19)11-15(16)20/h4-9,11,23H,3,10,21H2,1-2H3,(H,22,24). The van der Waals surface area contributed by atoms with Gasteiger partial charge in [0.15, 0.2) is 0 Å². The predicted molar refractivity (Wildman–Crippen MR) is 99.7 cm³/mol. The summed E-state index contributed by atoms with van der Waals surface area (Å²) in [6, 6.07) is 7.83. The van der Waals surface area contributed by atoms with Crippen LogP contribution in [0.1, 0.15) is 26.7 Å². The van der Waals surface area contributed by atoms with E-state index in [4.69, 9.17) is 5.73 Å². The lowest BCUT2D eigenvalue weighted by Crippen LogP contribution is -2.48. The van der Waals surface area contributed by atoms with Gasteiger partial charge in [0.2, 0.25) is 5.91 Å². The van der Waals surface area contributed by atoms with E-state index < -0.39 is 27.2 Å². The molecule has 0 fully saturated rings. The summed E-state index contributed by atoms with van der Waals surface area (Å²) in [6.45, 7) is 3.53. The van der Waals surface area contributed by atoms with Crippen LogP contribution in [0.5, 0.6) is 0 Å². The number of sulfonamides is 1. The number of carbonyl (C=O) groups is 1. The van der Waals surface area contributed by atoms with Crippen LogP contribution in [0.15, 0.2) is 47.4 Å². The summed E-state index contributed by atoms with van der Waals surface area (Å²) in [6.07, 6.45) is 1.24. The van der Waals surface area contributed by atoms with E-state index in [0.717, 1.165) is 18.6 Å². The summed E-state index contributed by atoms with van der Waals surface area (Å²) >= 11 is 0. The Morgan fingerprint density at radius 2 is 1.78 bits per heavy atom. The van der Waals surface area contributed by atoms with Crippen molar-refractivity contribution >= 4 is 27.3 Å². The third kappa shape index (κ3) is 5.24. The average molecular weight is 397 g/mol. The molecule has 1 atom stereocenters. The van der Waals surface area contributed by atoms with Crippen LogP contribution in [0.3, 0.4) is 0 Å². The minimum absolute atomic E-state index is 0.145. The molecular weight excluding hydrogens is 376 g/mol. The number of rotatable bonds is 7. The Labute approximate surface area is 156 Å². The van der Waals surface area contributed by atoms with Crippen molar-refractivity contribution in [2.75, 3.05) is 10.0 Å². The van der Waals surface area contributed by atoms with Crippen LogP contribution in [0, 0.1) is 11.6 Å². The second kappa shape index (κ2) is 8.01. The molecule has 0 radical (unpaired) electrons. The highest BCUT2D eigenvalue weighted by Gasteiger charge is 2.27.